The van der Waals surface area contributed by atoms with Crippen molar-refractivity contribution >= 4 is 60.7 Å². The smallest absolute Gasteiger partial charge is 0.151 e. The summed E-state index contributed by atoms with van der Waals surface area (Å²) < 4.78 is 24.4. The van der Waals surface area contributed by atoms with Gasteiger partial charge in [-0.3, -0.25) is 0 Å². The summed E-state index contributed by atoms with van der Waals surface area (Å²) in [6.45, 7) is 0.399. The van der Waals surface area contributed by atoms with Crippen LogP contribution in [0.15, 0.2) is 41.0 Å². The average molecular weight is 637 g/mol. The summed E-state index contributed by atoms with van der Waals surface area (Å²) in [5.74, 6) is 0.163. The highest BCUT2D eigenvalue weighted by Gasteiger charge is 2.56. The van der Waals surface area contributed by atoms with Gasteiger partial charge in [0.1, 0.15) is 21.8 Å². The molecule has 4 atom stereocenters. The monoisotopic (exact) mass is 635 g/mol. The second-order valence-electron chi connectivity index (χ2n) is 10.8. The van der Waals surface area contributed by atoms with Gasteiger partial charge in [0.25, 0.3) is 0 Å². The molecule has 2 bridgehead atoms. The predicted molar refractivity (Wildman–Crippen MR) is 151 cm³/mol. The molecule has 0 spiro atoms. The minimum Gasteiger partial charge on any atom is -0.382 e. The highest BCUT2D eigenvalue weighted by Crippen LogP contribution is 2.57. The molecule has 0 radical (unpaired) electrons. The number of hydrogen-bond acceptors (Lipinski definition) is 5. The second kappa shape index (κ2) is 9.53. The van der Waals surface area contributed by atoms with Crippen molar-refractivity contribution in [1.29, 1.82) is 0 Å². The maximum absolute atomic E-state index is 14.5. The van der Waals surface area contributed by atoms with Gasteiger partial charge < -0.3 is 9.84 Å². The molecular weight excluding hydrogens is 612 g/mol. The van der Waals surface area contributed by atoms with Crippen LogP contribution in [-0.2, 0) is 16.9 Å². The molecule has 198 valence electrons. The van der Waals surface area contributed by atoms with Crippen LogP contribution < -0.4 is 0 Å². The Hall–Kier alpha value is -1.55. The number of ether oxygens (including phenoxy) is 1. The van der Waals surface area contributed by atoms with Crippen molar-refractivity contribution in [3.05, 3.63) is 73.1 Å². The highest BCUT2D eigenvalue weighted by atomic mass is 79.9. The lowest BCUT2D eigenvalue weighted by Gasteiger charge is -2.41. The van der Waals surface area contributed by atoms with E-state index in [4.69, 9.17) is 27.9 Å². The normalized spacial score (nSPS) is 26.9. The number of halogens is 4. The second-order valence-corrected chi connectivity index (χ2v) is 13.5. The van der Waals surface area contributed by atoms with E-state index in [9.17, 15) is 9.50 Å². The standard InChI is InChI=1S/C28H25BrCl2FN3O2S/c29-17-10-22(32)25-24(11-17)38-27(34-25)28(36)15-6-7-16(28)9-18(8-15)37-13-23-19(14-4-5-14)12-33-35(23)26-20(30)2-1-3-21(26)31/h1-3,10-12,14-16,18,36H,4-9,13H2/t15-,16+,18-,28+. The molecule has 4 aromatic rings. The first-order valence-electron chi connectivity index (χ1n) is 12.9. The molecule has 3 saturated carbocycles. The van der Waals surface area contributed by atoms with E-state index in [1.165, 1.54) is 23.0 Å². The van der Waals surface area contributed by atoms with Crippen LogP contribution in [0.2, 0.25) is 10.0 Å². The molecule has 3 aliphatic carbocycles. The maximum atomic E-state index is 14.5. The van der Waals surface area contributed by atoms with Gasteiger partial charge in [0.15, 0.2) is 5.82 Å². The SMILES string of the molecule is O[C@@]1(c2nc3c(F)cc(Br)cc3s2)[C@@H]2CC[C@H]1C[C@H](OCc1c(C3CC3)cnn1-c1c(Cl)cccc1Cl)C2. The molecule has 2 aromatic carbocycles. The third-order valence-corrected chi connectivity index (χ3v) is 10.7. The summed E-state index contributed by atoms with van der Waals surface area (Å²) in [6, 6.07) is 8.75. The number of para-hydroxylation sites is 1. The summed E-state index contributed by atoms with van der Waals surface area (Å²) in [5, 5.41) is 18.3. The Bertz CT molecular complexity index is 1520. The van der Waals surface area contributed by atoms with Crippen molar-refractivity contribution in [3.8, 4) is 5.69 Å². The molecule has 0 amide bonds. The lowest BCUT2D eigenvalue weighted by molar-refractivity contribution is -0.116. The number of aromatic nitrogens is 3. The first-order chi connectivity index (χ1) is 18.3. The fraction of sp³-hybridized carbons (Fsp3) is 0.429. The van der Waals surface area contributed by atoms with E-state index in [1.54, 1.807) is 0 Å². The molecule has 10 heteroatoms. The average Bonchev–Trinajstić information content (AvgIpc) is 3.46. The molecule has 7 rings (SSSR count). The van der Waals surface area contributed by atoms with Crippen LogP contribution in [0.3, 0.4) is 0 Å². The number of rotatable bonds is 6. The third kappa shape index (κ3) is 4.14. The summed E-state index contributed by atoms with van der Waals surface area (Å²) in [6.07, 6.45) is 7.50. The Balaban J connectivity index is 1.14. The zero-order chi connectivity index (χ0) is 26.2. The predicted octanol–water partition coefficient (Wildman–Crippen LogP) is 8.16. The van der Waals surface area contributed by atoms with E-state index in [0.29, 0.717) is 43.3 Å². The highest BCUT2D eigenvalue weighted by molar-refractivity contribution is 9.10. The molecule has 0 aliphatic heterocycles. The number of aliphatic hydroxyl groups is 1. The molecule has 38 heavy (non-hydrogen) atoms. The molecule has 0 unspecified atom stereocenters. The molecule has 3 aliphatic rings. The van der Waals surface area contributed by atoms with Crippen LogP contribution in [0.1, 0.15) is 60.7 Å². The number of fused-ring (bicyclic) bond motifs is 3. The lowest BCUT2D eigenvalue weighted by atomic mass is 9.73. The maximum Gasteiger partial charge on any atom is 0.151 e. The van der Waals surface area contributed by atoms with Crippen LogP contribution in [0.4, 0.5) is 4.39 Å². The topological polar surface area (TPSA) is 60.2 Å². The lowest BCUT2D eigenvalue weighted by Crippen LogP contribution is -2.44. The molecule has 2 heterocycles. The first-order valence-corrected chi connectivity index (χ1v) is 15.3. The van der Waals surface area contributed by atoms with Crippen molar-refractivity contribution in [2.24, 2.45) is 11.8 Å². The summed E-state index contributed by atoms with van der Waals surface area (Å²) in [4.78, 5) is 4.60. The molecule has 1 N–H and O–H groups in total. The number of nitrogens with zero attached hydrogens (tertiary/aromatic N) is 3. The van der Waals surface area contributed by atoms with Gasteiger partial charge in [0, 0.05) is 4.47 Å². The van der Waals surface area contributed by atoms with E-state index in [-0.39, 0.29) is 23.8 Å². The molecular formula is C28H25BrCl2FN3O2S. The van der Waals surface area contributed by atoms with Gasteiger partial charge in [0.2, 0.25) is 0 Å². The number of benzene rings is 2. The fourth-order valence-corrected chi connectivity index (χ4v) is 8.87. The Morgan fingerprint density at radius 3 is 2.53 bits per heavy atom. The first kappa shape index (κ1) is 25.4. The van der Waals surface area contributed by atoms with Gasteiger partial charge in [-0.2, -0.15) is 5.10 Å². The zero-order valence-corrected chi connectivity index (χ0v) is 24.3. The van der Waals surface area contributed by atoms with Gasteiger partial charge in [-0.15, -0.1) is 11.3 Å². The van der Waals surface area contributed by atoms with Crippen molar-refractivity contribution in [2.45, 2.75) is 62.8 Å². The van der Waals surface area contributed by atoms with Crippen LogP contribution in [0, 0.1) is 17.7 Å². The van der Waals surface area contributed by atoms with E-state index >= 15 is 0 Å². The van der Waals surface area contributed by atoms with E-state index < -0.39 is 5.60 Å². The van der Waals surface area contributed by atoms with Gasteiger partial charge in [-0.05, 0) is 86.1 Å². The van der Waals surface area contributed by atoms with E-state index in [2.05, 4.69) is 26.0 Å². The van der Waals surface area contributed by atoms with Crippen molar-refractivity contribution in [3.63, 3.8) is 0 Å². The summed E-state index contributed by atoms with van der Waals surface area (Å²) >= 11 is 17.8. The number of hydrogen-bond donors (Lipinski definition) is 1. The zero-order valence-electron chi connectivity index (χ0n) is 20.3. The Morgan fingerprint density at radius 2 is 1.84 bits per heavy atom. The molecule has 0 saturated heterocycles. The third-order valence-electron chi connectivity index (χ3n) is 8.48. The molecule has 2 aromatic heterocycles. The van der Waals surface area contributed by atoms with Crippen LogP contribution >= 0.6 is 50.5 Å². The number of thiazole rings is 1. The van der Waals surface area contributed by atoms with Crippen molar-refractivity contribution in [1.82, 2.24) is 14.8 Å². The largest absolute Gasteiger partial charge is 0.382 e. The van der Waals surface area contributed by atoms with Crippen molar-refractivity contribution < 1.29 is 14.2 Å². The summed E-state index contributed by atoms with van der Waals surface area (Å²) in [7, 11) is 0. The van der Waals surface area contributed by atoms with Gasteiger partial charge in [0.05, 0.1) is 39.3 Å². The Kier molecular flexibility index (Phi) is 6.37. The Morgan fingerprint density at radius 1 is 1.13 bits per heavy atom. The van der Waals surface area contributed by atoms with Crippen molar-refractivity contribution in [2.75, 3.05) is 0 Å². The van der Waals surface area contributed by atoms with Gasteiger partial charge in [-0.25, -0.2) is 14.1 Å². The van der Waals surface area contributed by atoms with Gasteiger partial charge in [-0.1, -0.05) is 45.2 Å². The van der Waals surface area contributed by atoms with Crippen LogP contribution in [0.5, 0.6) is 0 Å². The summed E-state index contributed by atoms with van der Waals surface area (Å²) in [5.41, 5.74) is 2.14. The molecule has 5 nitrogen and oxygen atoms in total. The Labute approximate surface area is 242 Å². The van der Waals surface area contributed by atoms with Crippen LogP contribution in [-0.4, -0.2) is 26.0 Å². The van der Waals surface area contributed by atoms with Crippen LogP contribution in [0.25, 0.3) is 15.9 Å². The van der Waals surface area contributed by atoms with E-state index in [0.717, 1.165) is 48.9 Å². The quantitative estimate of drug-likeness (QED) is 0.232. The fourth-order valence-electron chi connectivity index (χ4n) is 6.46. The van der Waals surface area contributed by atoms with Gasteiger partial charge >= 0.3 is 0 Å². The minimum absolute atomic E-state index is 0.00477. The van der Waals surface area contributed by atoms with E-state index in [1.807, 2.05) is 35.1 Å². The molecule has 3 fully saturated rings. The minimum atomic E-state index is -1.05.